The van der Waals surface area contributed by atoms with E-state index in [0.717, 1.165) is 27.0 Å². The van der Waals surface area contributed by atoms with E-state index in [-0.39, 0.29) is 6.04 Å². The first-order valence-electron chi connectivity index (χ1n) is 6.09. The Morgan fingerprint density at radius 2 is 1.95 bits per heavy atom. The highest BCUT2D eigenvalue weighted by molar-refractivity contribution is 7.99. The predicted molar refractivity (Wildman–Crippen MR) is 84.7 cm³/mol. The summed E-state index contributed by atoms with van der Waals surface area (Å²) in [7, 11) is 0. The number of fused-ring (bicyclic) bond motifs is 1. The molecule has 2 aromatic carbocycles. The fourth-order valence-electron chi connectivity index (χ4n) is 2.23. The van der Waals surface area contributed by atoms with E-state index < -0.39 is 0 Å². The summed E-state index contributed by atoms with van der Waals surface area (Å²) in [5, 5.41) is 4.96. The maximum atomic E-state index is 6.28. The molecule has 19 heavy (non-hydrogen) atoms. The number of thioether (sulfide) groups is 1. The fraction of sp³-hybridized carbons (Fsp3) is 0.200. The van der Waals surface area contributed by atoms with Crippen LogP contribution in [-0.2, 0) is 0 Å². The van der Waals surface area contributed by atoms with Crippen LogP contribution in [0.4, 0.5) is 5.69 Å². The second-order valence-electron chi connectivity index (χ2n) is 4.63. The molecule has 1 unspecified atom stereocenters. The van der Waals surface area contributed by atoms with E-state index >= 15 is 0 Å². The molecule has 98 valence electrons. The lowest BCUT2D eigenvalue weighted by Gasteiger charge is -2.17. The second kappa shape index (κ2) is 5.28. The Kier molecular flexibility index (Phi) is 3.66. The van der Waals surface area contributed by atoms with Crippen molar-refractivity contribution in [2.75, 3.05) is 11.1 Å². The van der Waals surface area contributed by atoms with E-state index in [1.54, 1.807) is 0 Å². The van der Waals surface area contributed by atoms with Crippen LogP contribution in [0.5, 0.6) is 0 Å². The van der Waals surface area contributed by atoms with E-state index in [4.69, 9.17) is 23.2 Å². The predicted octanol–water partition coefficient (Wildman–Crippen LogP) is 5.56. The van der Waals surface area contributed by atoms with Crippen molar-refractivity contribution < 1.29 is 0 Å². The Hall–Kier alpha value is -0.830. The van der Waals surface area contributed by atoms with Crippen molar-refractivity contribution in [3.8, 4) is 0 Å². The molecule has 1 N–H and O–H groups in total. The Labute approximate surface area is 127 Å². The zero-order valence-corrected chi connectivity index (χ0v) is 12.7. The lowest BCUT2D eigenvalue weighted by Crippen LogP contribution is -2.10. The van der Waals surface area contributed by atoms with E-state index in [0.29, 0.717) is 0 Å². The van der Waals surface area contributed by atoms with Gasteiger partial charge in [-0.25, -0.2) is 0 Å². The highest BCUT2D eigenvalue weighted by Crippen LogP contribution is 2.41. The zero-order chi connectivity index (χ0) is 13.4. The van der Waals surface area contributed by atoms with Crippen LogP contribution in [0, 0.1) is 6.92 Å². The number of rotatable bonds is 2. The number of benzene rings is 2. The number of anilines is 1. The zero-order valence-electron chi connectivity index (χ0n) is 10.4. The summed E-state index contributed by atoms with van der Waals surface area (Å²) in [6.45, 7) is 1.96. The SMILES string of the molecule is Cc1cc(Cl)c(NC2CSc3ccccc32)cc1Cl. The summed E-state index contributed by atoms with van der Waals surface area (Å²) in [4.78, 5) is 1.34. The molecule has 0 aromatic heterocycles. The van der Waals surface area contributed by atoms with Gasteiger partial charge in [-0.05, 0) is 36.2 Å². The van der Waals surface area contributed by atoms with Crippen LogP contribution in [0.1, 0.15) is 17.2 Å². The van der Waals surface area contributed by atoms with E-state index in [2.05, 4.69) is 29.6 Å². The molecule has 1 aliphatic rings. The van der Waals surface area contributed by atoms with Crippen molar-refractivity contribution in [1.29, 1.82) is 0 Å². The quantitative estimate of drug-likeness (QED) is 0.779. The minimum absolute atomic E-state index is 0.289. The molecule has 2 aromatic rings. The molecule has 0 spiro atoms. The van der Waals surface area contributed by atoms with Crippen LogP contribution in [0.2, 0.25) is 10.0 Å². The number of halogens is 2. The van der Waals surface area contributed by atoms with Crippen molar-refractivity contribution in [3.63, 3.8) is 0 Å². The molecule has 4 heteroatoms. The molecular weight excluding hydrogens is 297 g/mol. The fourth-order valence-corrected chi connectivity index (χ4v) is 3.82. The Morgan fingerprint density at radius 1 is 1.16 bits per heavy atom. The van der Waals surface area contributed by atoms with Crippen LogP contribution in [0.25, 0.3) is 0 Å². The first-order valence-corrected chi connectivity index (χ1v) is 7.83. The molecular formula is C15H13Cl2NS. The number of hydrogen-bond donors (Lipinski definition) is 1. The monoisotopic (exact) mass is 309 g/mol. The second-order valence-corrected chi connectivity index (χ2v) is 6.50. The molecule has 0 fully saturated rings. The van der Waals surface area contributed by atoms with Gasteiger partial charge in [0.25, 0.3) is 0 Å². The van der Waals surface area contributed by atoms with Crippen molar-refractivity contribution in [1.82, 2.24) is 0 Å². The molecule has 0 bridgehead atoms. The van der Waals surface area contributed by atoms with E-state index in [1.165, 1.54) is 10.5 Å². The third-order valence-electron chi connectivity index (χ3n) is 3.28. The molecule has 1 heterocycles. The number of nitrogens with one attached hydrogen (secondary N) is 1. The highest BCUT2D eigenvalue weighted by Gasteiger charge is 2.23. The van der Waals surface area contributed by atoms with Crippen LogP contribution in [0.3, 0.4) is 0 Å². The smallest absolute Gasteiger partial charge is 0.0641 e. The molecule has 0 saturated carbocycles. The highest BCUT2D eigenvalue weighted by atomic mass is 35.5. The summed E-state index contributed by atoms with van der Waals surface area (Å²) in [5.41, 5.74) is 3.23. The van der Waals surface area contributed by atoms with Gasteiger partial charge in [0, 0.05) is 15.7 Å². The first kappa shape index (κ1) is 13.2. The van der Waals surface area contributed by atoms with Gasteiger partial charge in [0.15, 0.2) is 0 Å². The van der Waals surface area contributed by atoms with Crippen molar-refractivity contribution in [2.45, 2.75) is 17.9 Å². The third kappa shape index (κ3) is 2.58. The third-order valence-corrected chi connectivity index (χ3v) is 5.18. The van der Waals surface area contributed by atoms with Gasteiger partial charge in [0.1, 0.15) is 0 Å². The van der Waals surface area contributed by atoms with Gasteiger partial charge in [0.05, 0.1) is 16.8 Å². The Balaban J connectivity index is 1.89. The average Bonchev–Trinajstić information content (AvgIpc) is 2.80. The molecule has 3 rings (SSSR count). The van der Waals surface area contributed by atoms with Crippen LogP contribution in [-0.4, -0.2) is 5.75 Å². The maximum absolute atomic E-state index is 6.28. The van der Waals surface area contributed by atoms with Crippen LogP contribution in [0.15, 0.2) is 41.3 Å². The minimum atomic E-state index is 0.289. The Morgan fingerprint density at radius 3 is 2.79 bits per heavy atom. The van der Waals surface area contributed by atoms with Gasteiger partial charge in [-0.3, -0.25) is 0 Å². The van der Waals surface area contributed by atoms with Crippen LogP contribution >= 0.6 is 35.0 Å². The topological polar surface area (TPSA) is 12.0 Å². The van der Waals surface area contributed by atoms with E-state index in [9.17, 15) is 0 Å². The molecule has 0 radical (unpaired) electrons. The lowest BCUT2D eigenvalue weighted by atomic mass is 10.1. The van der Waals surface area contributed by atoms with Gasteiger partial charge in [-0.15, -0.1) is 11.8 Å². The normalized spacial score (nSPS) is 17.3. The first-order chi connectivity index (χ1) is 9.15. The van der Waals surface area contributed by atoms with Crippen molar-refractivity contribution >= 4 is 40.7 Å². The van der Waals surface area contributed by atoms with Gasteiger partial charge in [-0.2, -0.15) is 0 Å². The largest absolute Gasteiger partial charge is 0.376 e. The minimum Gasteiger partial charge on any atom is -0.376 e. The molecule has 0 aliphatic carbocycles. The standard InChI is InChI=1S/C15H13Cl2NS/c1-9-6-12(17)13(7-11(9)16)18-14-8-19-15-5-3-2-4-10(14)15/h2-7,14,18H,8H2,1H3. The Bertz CT molecular complexity index is 628. The molecule has 0 amide bonds. The maximum Gasteiger partial charge on any atom is 0.0641 e. The summed E-state index contributed by atoms with van der Waals surface area (Å²) >= 11 is 14.3. The van der Waals surface area contributed by atoms with E-state index in [1.807, 2.05) is 30.8 Å². The molecule has 1 aliphatic heterocycles. The summed E-state index contributed by atoms with van der Waals surface area (Å²) in [6, 6.07) is 12.6. The van der Waals surface area contributed by atoms with Crippen molar-refractivity contribution in [2.24, 2.45) is 0 Å². The van der Waals surface area contributed by atoms with Gasteiger partial charge in [0.2, 0.25) is 0 Å². The molecule has 1 atom stereocenters. The van der Waals surface area contributed by atoms with Gasteiger partial charge in [-0.1, -0.05) is 41.4 Å². The number of hydrogen-bond acceptors (Lipinski definition) is 2. The average molecular weight is 310 g/mol. The molecule has 1 nitrogen and oxygen atoms in total. The summed E-state index contributed by atoms with van der Waals surface area (Å²) in [6.07, 6.45) is 0. The number of aryl methyl sites for hydroxylation is 1. The van der Waals surface area contributed by atoms with Crippen molar-refractivity contribution in [3.05, 3.63) is 57.6 Å². The van der Waals surface area contributed by atoms with Gasteiger partial charge >= 0.3 is 0 Å². The summed E-state index contributed by atoms with van der Waals surface area (Å²) < 4.78 is 0. The summed E-state index contributed by atoms with van der Waals surface area (Å²) in [5.74, 6) is 1.02. The van der Waals surface area contributed by atoms with Crippen LogP contribution < -0.4 is 5.32 Å². The lowest BCUT2D eigenvalue weighted by molar-refractivity contribution is 0.900. The molecule has 0 saturated heterocycles. The van der Waals surface area contributed by atoms with Gasteiger partial charge < -0.3 is 5.32 Å².